The van der Waals surface area contributed by atoms with Crippen LogP contribution in [0.3, 0.4) is 0 Å². The number of halogens is 4. The topological polar surface area (TPSA) is 82.0 Å². The molecule has 1 aliphatic carbocycles. The normalized spacial score (nSPS) is 27.4. The van der Waals surface area contributed by atoms with Crippen molar-refractivity contribution in [3.05, 3.63) is 53.1 Å². The van der Waals surface area contributed by atoms with Gasteiger partial charge < -0.3 is 19.6 Å². The number of alkyl halides is 1. The summed E-state index contributed by atoms with van der Waals surface area (Å²) in [5.41, 5.74) is 1.19. The fraction of sp³-hybridized carbons (Fsp3) is 0.500. The fourth-order valence-corrected chi connectivity index (χ4v) is 8.82. The van der Waals surface area contributed by atoms with E-state index < -0.39 is 29.3 Å². The molecule has 8 nitrogen and oxygen atoms in total. The minimum absolute atomic E-state index is 0.0126. The lowest BCUT2D eigenvalue weighted by atomic mass is 9.94. The third-order valence-corrected chi connectivity index (χ3v) is 10.9. The third kappa shape index (κ3) is 4.89. The zero-order valence-corrected chi connectivity index (χ0v) is 26.1. The molecular formula is C34H35ClF3N5O3. The van der Waals surface area contributed by atoms with Crippen molar-refractivity contribution in [1.29, 1.82) is 0 Å². The Morgan fingerprint density at radius 1 is 1.11 bits per heavy atom. The number of aromatic hydroxyl groups is 1. The first kappa shape index (κ1) is 29.8. The van der Waals surface area contributed by atoms with Crippen LogP contribution in [-0.4, -0.2) is 87.4 Å². The van der Waals surface area contributed by atoms with Gasteiger partial charge in [-0.3, -0.25) is 9.69 Å². The van der Waals surface area contributed by atoms with Crippen LogP contribution in [0.25, 0.3) is 22.0 Å². The van der Waals surface area contributed by atoms with E-state index in [0.29, 0.717) is 60.7 Å². The van der Waals surface area contributed by atoms with Crippen LogP contribution in [-0.2, 0) is 4.79 Å². The quantitative estimate of drug-likeness (QED) is 0.300. The number of nitrogens with zero attached hydrogens (tertiary/aromatic N) is 5. The predicted octanol–water partition coefficient (Wildman–Crippen LogP) is 6.29. The number of carbonyl (C=O) groups is 1. The van der Waals surface area contributed by atoms with E-state index in [-0.39, 0.29) is 47.4 Å². The molecule has 242 valence electrons. The molecule has 1 amide bonds. The Labute approximate surface area is 269 Å². The van der Waals surface area contributed by atoms with Crippen molar-refractivity contribution in [3.8, 4) is 22.9 Å². The van der Waals surface area contributed by atoms with Crippen LogP contribution in [0.5, 0.6) is 11.8 Å². The van der Waals surface area contributed by atoms with Crippen LogP contribution in [0, 0.1) is 5.82 Å². The molecule has 3 aromatic rings. The molecule has 5 heterocycles. The highest BCUT2D eigenvalue weighted by Gasteiger charge is 2.50. The molecule has 2 aromatic carbocycles. The number of hydrogen-bond acceptors (Lipinski definition) is 7. The highest BCUT2D eigenvalue weighted by atomic mass is 35.5. The second-order valence-electron chi connectivity index (χ2n) is 13.6. The molecular weight excluding hydrogens is 619 g/mol. The molecule has 0 radical (unpaired) electrons. The van der Waals surface area contributed by atoms with E-state index in [1.165, 1.54) is 12.1 Å². The number of amides is 1. The number of rotatable bonds is 7. The van der Waals surface area contributed by atoms with Gasteiger partial charge in [-0.15, -0.1) is 0 Å². The second kappa shape index (κ2) is 11.0. The van der Waals surface area contributed by atoms with Crippen molar-refractivity contribution < 1.29 is 27.8 Å². The van der Waals surface area contributed by atoms with Crippen molar-refractivity contribution in [1.82, 2.24) is 19.8 Å². The Morgan fingerprint density at radius 2 is 1.87 bits per heavy atom. The van der Waals surface area contributed by atoms with Crippen LogP contribution >= 0.6 is 11.6 Å². The number of ether oxygens (including phenoxy) is 1. The summed E-state index contributed by atoms with van der Waals surface area (Å²) in [5.74, 6) is -1.68. The lowest BCUT2D eigenvalue weighted by Crippen LogP contribution is -2.56. The molecule has 5 aliphatic rings. The molecule has 0 spiro atoms. The van der Waals surface area contributed by atoms with Crippen LogP contribution in [0.15, 0.2) is 36.7 Å². The number of phenols is 1. The Balaban J connectivity index is 1.21. The Kier molecular flexibility index (Phi) is 7.13. The summed E-state index contributed by atoms with van der Waals surface area (Å²) in [6.45, 7) is 5.32. The lowest BCUT2D eigenvalue weighted by Gasteiger charge is -2.41. The Morgan fingerprint density at radius 3 is 2.59 bits per heavy atom. The molecule has 4 aliphatic heterocycles. The van der Waals surface area contributed by atoms with Gasteiger partial charge >= 0.3 is 6.01 Å². The van der Waals surface area contributed by atoms with Gasteiger partial charge in [-0.25, -0.2) is 13.2 Å². The van der Waals surface area contributed by atoms with Crippen molar-refractivity contribution >= 4 is 34.2 Å². The summed E-state index contributed by atoms with van der Waals surface area (Å²) in [6.07, 6.45) is 4.46. The van der Waals surface area contributed by atoms with Crippen molar-refractivity contribution in [2.75, 3.05) is 37.7 Å². The monoisotopic (exact) mass is 653 g/mol. The van der Waals surface area contributed by atoms with E-state index in [4.69, 9.17) is 21.3 Å². The minimum atomic E-state index is -0.983. The van der Waals surface area contributed by atoms with Gasteiger partial charge in [0.25, 0.3) is 5.91 Å². The first-order chi connectivity index (χ1) is 22.1. The standard InChI is InChI=1S/C34H35ClF3N5O3/c1-18(36)32(45)43-21-5-6-22(43)16-41(15-21)31-25-8-7-24(26-11-23(44)12-27(35)28(26)19-3-4-19)29(38)30(25)39-33(40-31)46-17-34-9-2-10-42(34)14-20(37)13-34/h7-8,11-12,19-22,44H,1-6,9-10,13-17H2/t20-,21-,22+,34+/m1/s1. The first-order valence-corrected chi connectivity index (χ1v) is 16.5. The highest BCUT2D eigenvalue weighted by molar-refractivity contribution is 6.32. The molecule has 46 heavy (non-hydrogen) atoms. The summed E-state index contributed by atoms with van der Waals surface area (Å²) >= 11 is 6.56. The smallest absolute Gasteiger partial charge is 0.319 e. The maximum absolute atomic E-state index is 16.8. The van der Waals surface area contributed by atoms with Gasteiger partial charge in [-0.2, -0.15) is 9.97 Å². The number of benzene rings is 2. The SMILES string of the molecule is C=C(F)C(=O)N1[C@@H]2CC[C@H]1CN(c1nc(OC[C@@]34CCCN3C[C@H](F)C4)nc3c(F)c(-c4cc(O)cc(Cl)c4C4CC4)ccc13)C2. The van der Waals surface area contributed by atoms with E-state index in [9.17, 15) is 18.7 Å². The number of piperazine rings is 1. The second-order valence-corrected chi connectivity index (χ2v) is 14.0. The predicted molar refractivity (Wildman–Crippen MR) is 168 cm³/mol. The average molecular weight is 654 g/mol. The molecule has 2 bridgehead atoms. The maximum Gasteiger partial charge on any atom is 0.319 e. The minimum Gasteiger partial charge on any atom is -0.508 e. The first-order valence-electron chi connectivity index (χ1n) is 16.1. The lowest BCUT2D eigenvalue weighted by molar-refractivity contribution is -0.131. The number of carbonyl (C=O) groups excluding carboxylic acids is 1. The van der Waals surface area contributed by atoms with Gasteiger partial charge in [0.05, 0.1) is 17.6 Å². The van der Waals surface area contributed by atoms with E-state index in [0.717, 1.165) is 37.8 Å². The van der Waals surface area contributed by atoms with Crippen LogP contribution in [0.4, 0.5) is 19.0 Å². The molecule has 12 heteroatoms. The van der Waals surface area contributed by atoms with Crippen LogP contribution < -0.4 is 9.64 Å². The summed E-state index contributed by atoms with van der Waals surface area (Å²) < 4.78 is 51.4. The summed E-state index contributed by atoms with van der Waals surface area (Å²) in [5, 5.41) is 11.3. The summed E-state index contributed by atoms with van der Waals surface area (Å²) in [7, 11) is 0. The summed E-state index contributed by atoms with van der Waals surface area (Å²) in [6, 6.07) is 5.94. The van der Waals surface area contributed by atoms with Gasteiger partial charge in [-0.1, -0.05) is 24.2 Å². The molecule has 5 fully saturated rings. The number of aromatic nitrogens is 2. The number of anilines is 1. The fourth-order valence-electron chi connectivity index (χ4n) is 8.45. The van der Waals surface area contributed by atoms with Crippen molar-refractivity contribution in [3.63, 3.8) is 0 Å². The van der Waals surface area contributed by atoms with E-state index in [1.807, 2.05) is 4.90 Å². The Hall–Kier alpha value is -3.57. The highest BCUT2D eigenvalue weighted by Crippen LogP contribution is 2.50. The Bertz CT molecular complexity index is 1760. The summed E-state index contributed by atoms with van der Waals surface area (Å²) in [4.78, 5) is 27.7. The molecule has 0 unspecified atom stereocenters. The number of hydrogen-bond donors (Lipinski definition) is 1. The van der Waals surface area contributed by atoms with Gasteiger partial charge in [0.15, 0.2) is 11.6 Å². The largest absolute Gasteiger partial charge is 0.508 e. The van der Waals surface area contributed by atoms with E-state index in [2.05, 4.69) is 16.5 Å². The van der Waals surface area contributed by atoms with Gasteiger partial charge in [0.2, 0.25) is 0 Å². The molecule has 1 aromatic heterocycles. The van der Waals surface area contributed by atoms with Gasteiger partial charge in [-0.05, 0) is 80.3 Å². The van der Waals surface area contributed by atoms with Crippen molar-refractivity contribution in [2.24, 2.45) is 0 Å². The number of phenolic OH excluding ortho intramolecular Hbond substituents is 1. The molecule has 8 rings (SSSR count). The molecule has 4 atom stereocenters. The van der Waals surface area contributed by atoms with E-state index in [1.54, 1.807) is 17.0 Å². The van der Waals surface area contributed by atoms with Gasteiger partial charge in [0, 0.05) is 42.0 Å². The molecule has 1 saturated carbocycles. The zero-order valence-electron chi connectivity index (χ0n) is 25.3. The van der Waals surface area contributed by atoms with Gasteiger partial charge in [0.1, 0.15) is 29.9 Å². The molecule has 1 N–H and O–H groups in total. The van der Waals surface area contributed by atoms with Crippen LogP contribution in [0.1, 0.15) is 56.4 Å². The van der Waals surface area contributed by atoms with E-state index >= 15 is 4.39 Å². The number of fused-ring (bicyclic) bond motifs is 4. The van der Waals surface area contributed by atoms with Crippen molar-refractivity contribution in [2.45, 2.75) is 74.7 Å². The van der Waals surface area contributed by atoms with Crippen LogP contribution in [0.2, 0.25) is 5.02 Å². The maximum atomic E-state index is 16.8. The third-order valence-electron chi connectivity index (χ3n) is 10.6. The average Bonchev–Trinajstić information content (AvgIpc) is 3.63. The zero-order chi connectivity index (χ0) is 31.9. The molecule has 4 saturated heterocycles.